The van der Waals surface area contributed by atoms with Gasteiger partial charge in [0, 0.05) is 49.8 Å². The normalized spacial score (nSPS) is 28.0. The summed E-state index contributed by atoms with van der Waals surface area (Å²) < 4.78 is 5.80. The lowest BCUT2D eigenvalue weighted by Gasteiger charge is -2.25. The van der Waals surface area contributed by atoms with E-state index in [9.17, 15) is 9.59 Å². The van der Waals surface area contributed by atoms with Gasteiger partial charge in [-0.3, -0.25) is 4.79 Å². The lowest BCUT2D eigenvalue weighted by Crippen LogP contribution is -2.40. The standard InChI is InChI=1S/C18H26N4O3/c1-22-5-4-15-13(10-22)6-12(17(23)21-15)9-20-18(24)19-8-11-7-14-2-3-16(11)25-14/h6,11,14,16H,2-5,7-10H2,1H3,(H,21,23)(H2,19,20,24)/t11-,14-,16+/m0/s1. The summed E-state index contributed by atoms with van der Waals surface area (Å²) >= 11 is 0. The molecule has 3 N–H and O–H groups in total. The van der Waals surface area contributed by atoms with Crippen LogP contribution < -0.4 is 16.2 Å². The van der Waals surface area contributed by atoms with Crippen LogP contribution in [0.3, 0.4) is 0 Å². The van der Waals surface area contributed by atoms with Crippen molar-refractivity contribution in [2.75, 3.05) is 20.1 Å². The number of urea groups is 1. The highest BCUT2D eigenvalue weighted by Gasteiger charge is 2.40. The van der Waals surface area contributed by atoms with Gasteiger partial charge in [0.1, 0.15) is 0 Å². The van der Waals surface area contributed by atoms with Crippen molar-refractivity contribution in [3.05, 3.63) is 33.2 Å². The fraction of sp³-hybridized carbons (Fsp3) is 0.667. The van der Waals surface area contributed by atoms with Crippen molar-refractivity contribution in [1.82, 2.24) is 20.5 Å². The molecule has 7 nitrogen and oxygen atoms in total. The Kier molecular flexibility index (Phi) is 4.52. The number of aromatic nitrogens is 1. The third-order valence-electron chi connectivity index (χ3n) is 5.67. The van der Waals surface area contributed by atoms with Gasteiger partial charge in [-0.25, -0.2) is 4.79 Å². The third-order valence-corrected chi connectivity index (χ3v) is 5.67. The first-order valence-electron chi connectivity index (χ1n) is 9.18. The number of H-pyrrole nitrogens is 1. The lowest BCUT2D eigenvalue weighted by molar-refractivity contribution is 0.0927. The Labute approximate surface area is 147 Å². The number of hydrogen-bond acceptors (Lipinski definition) is 4. The van der Waals surface area contributed by atoms with E-state index in [1.54, 1.807) is 0 Å². The van der Waals surface area contributed by atoms with Crippen LogP contribution in [0.2, 0.25) is 0 Å². The summed E-state index contributed by atoms with van der Waals surface area (Å²) in [7, 11) is 2.07. The number of aromatic amines is 1. The lowest BCUT2D eigenvalue weighted by atomic mass is 9.89. The van der Waals surface area contributed by atoms with Crippen molar-refractivity contribution in [2.45, 2.75) is 51.0 Å². The van der Waals surface area contributed by atoms with Crippen LogP contribution in [0.15, 0.2) is 10.9 Å². The van der Waals surface area contributed by atoms with E-state index in [1.807, 2.05) is 6.07 Å². The highest BCUT2D eigenvalue weighted by atomic mass is 16.5. The van der Waals surface area contributed by atoms with Crippen LogP contribution in [0.4, 0.5) is 4.79 Å². The van der Waals surface area contributed by atoms with Gasteiger partial charge in [-0.2, -0.15) is 0 Å². The molecule has 0 aromatic carbocycles. The quantitative estimate of drug-likeness (QED) is 0.750. The van der Waals surface area contributed by atoms with E-state index in [4.69, 9.17) is 4.74 Å². The molecule has 2 saturated heterocycles. The molecule has 7 heteroatoms. The number of nitrogens with one attached hydrogen (secondary N) is 3. The summed E-state index contributed by atoms with van der Waals surface area (Å²) in [6, 6.07) is 1.70. The summed E-state index contributed by atoms with van der Waals surface area (Å²) in [6.07, 6.45) is 4.88. The van der Waals surface area contributed by atoms with Gasteiger partial charge in [-0.05, 0) is 37.9 Å². The van der Waals surface area contributed by atoms with Crippen molar-refractivity contribution in [1.29, 1.82) is 0 Å². The van der Waals surface area contributed by atoms with Gasteiger partial charge < -0.3 is 25.3 Å². The highest BCUT2D eigenvalue weighted by Crippen LogP contribution is 2.38. The summed E-state index contributed by atoms with van der Waals surface area (Å²) in [5.74, 6) is 0.423. The van der Waals surface area contributed by atoms with Gasteiger partial charge in [0.15, 0.2) is 0 Å². The van der Waals surface area contributed by atoms with Crippen LogP contribution in [0, 0.1) is 5.92 Å². The van der Waals surface area contributed by atoms with E-state index in [0.29, 0.717) is 30.2 Å². The first kappa shape index (κ1) is 16.6. The minimum Gasteiger partial charge on any atom is -0.375 e. The molecule has 136 valence electrons. The van der Waals surface area contributed by atoms with Crippen LogP contribution in [0.5, 0.6) is 0 Å². The average Bonchev–Trinajstić information content (AvgIpc) is 3.21. The molecule has 0 saturated carbocycles. The number of carbonyl (C=O) groups is 1. The summed E-state index contributed by atoms with van der Waals surface area (Å²) in [5, 5.41) is 5.72. The van der Waals surface area contributed by atoms with Crippen molar-refractivity contribution < 1.29 is 9.53 Å². The first-order chi connectivity index (χ1) is 12.1. The Balaban J connectivity index is 1.30. The number of amides is 2. The van der Waals surface area contributed by atoms with E-state index in [1.165, 1.54) is 0 Å². The predicted molar refractivity (Wildman–Crippen MR) is 93.3 cm³/mol. The van der Waals surface area contributed by atoms with E-state index in [0.717, 1.165) is 50.0 Å². The number of likely N-dealkylation sites (N-methyl/N-ethyl adjacent to an activating group) is 1. The summed E-state index contributed by atoms with van der Waals surface area (Å²) in [5.41, 5.74) is 2.66. The monoisotopic (exact) mass is 346 g/mol. The molecule has 4 rings (SSSR count). The third kappa shape index (κ3) is 3.57. The molecule has 3 atom stereocenters. The van der Waals surface area contributed by atoms with E-state index in [2.05, 4.69) is 27.6 Å². The number of ether oxygens (including phenoxy) is 1. The van der Waals surface area contributed by atoms with Gasteiger partial charge in [-0.15, -0.1) is 0 Å². The number of carbonyl (C=O) groups excluding carboxylic acids is 1. The Morgan fingerprint density at radius 3 is 3.04 bits per heavy atom. The predicted octanol–water partition coefficient (Wildman–Crippen LogP) is 0.730. The van der Waals surface area contributed by atoms with Gasteiger partial charge in [0.2, 0.25) is 0 Å². The van der Waals surface area contributed by atoms with Crippen molar-refractivity contribution in [3.8, 4) is 0 Å². The zero-order valence-corrected chi connectivity index (χ0v) is 14.6. The minimum absolute atomic E-state index is 0.106. The van der Waals surface area contributed by atoms with Gasteiger partial charge in [0.25, 0.3) is 5.56 Å². The van der Waals surface area contributed by atoms with Crippen molar-refractivity contribution >= 4 is 6.03 Å². The molecule has 0 aliphatic carbocycles. The second-order valence-electron chi connectivity index (χ2n) is 7.55. The minimum atomic E-state index is -0.225. The fourth-order valence-corrected chi connectivity index (χ4v) is 4.25. The topological polar surface area (TPSA) is 86.5 Å². The van der Waals surface area contributed by atoms with Crippen LogP contribution in [0.25, 0.3) is 0 Å². The number of fused-ring (bicyclic) bond motifs is 3. The molecule has 2 bridgehead atoms. The zero-order chi connectivity index (χ0) is 17.4. The largest absolute Gasteiger partial charge is 0.375 e. The Hall–Kier alpha value is -1.86. The molecule has 4 heterocycles. The molecule has 3 aliphatic rings. The Morgan fingerprint density at radius 1 is 1.40 bits per heavy atom. The maximum Gasteiger partial charge on any atom is 0.315 e. The molecular formula is C18H26N4O3. The number of hydrogen-bond donors (Lipinski definition) is 3. The number of nitrogens with zero attached hydrogens (tertiary/aromatic N) is 1. The maximum absolute atomic E-state index is 12.2. The van der Waals surface area contributed by atoms with Gasteiger partial charge in [0.05, 0.1) is 12.2 Å². The number of pyridine rings is 1. The van der Waals surface area contributed by atoms with Crippen LogP contribution in [-0.2, 0) is 24.2 Å². The van der Waals surface area contributed by atoms with Crippen LogP contribution in [-0.4, -0.2) is 48.3 Å². The first-order valence-corrected chi connectivity index (χ1v) is 9.18. The molecule has 3 aliphatic heterocycles. The van der Waals surface area contributed by atoms with E-state index < -0.39 is 0 Å². The SMILES string of the molecule is CN1CCc2[nH]c(=O)c(CNC(=O)NC[C@@H]3C[C@@H]4CC[C@H]3O4)cc2C1. The van der Waals surface area contributed by atoms with Crippen LogP contribution >= 0.6 is 0 Å². The van der Waals surface area contributed by atoms with Crippen LogP contribution in [0.1, 0.15) is 36.1 Å². The summed E-state index contributed by atoms with van der Waals surface area (Å²) in [4.78, 5) is 29.4. The maximum atomic E-state index is 12.2. The highest BCUT2D eigenvalue weighted by molar-refractivity contribution is 5.73. The molecule has 1 aromatic rings. The molecule has 0 unspecified atom stereocenters. The second kappa shape index (κ2) is 6.80. The molecule has 2 fully saturated rings. The van der Waals surface area contributed by atoms with Crippen molar-refractivity contribution in [2.24, 2.45) is 5.92 Å². The number of rotatable bonds is 4. The van der Waals surface area contributed by atoms with Gasteiger partial charge in [-0.1, -0.05) is 0 Å². The average molecular weight is 346 g/mol. The smallest absolute Gasteiger partial charge is 0.315 e. The molecule has 25 heavy (non-hydrogen) atoms. The molecule has 1 aromatic heterocycles. The zero-order valence-electron chi connectivity index (χ0n) is 14.6. The second-order valence-corrected chi connectivity index (χ2v) is 7.55. The molecule has 0 spiro atoms. The molecule has 2 amide bonds. The van der Waals surface area contributed by atoms with Crippen molar-refractivity contribution in [3.63, 3.8) is 0 Å². The summed E-state index contributed by atoms with van der Waals surface area (Å²) in [6.45, 7) is 2.66. The molecular weight excluding hydrogens is 320 g/mol. The van der Waals surface area contributed by atoms with E-state index in [-0.39, 0.29) is 18.1 Å². The Morgan fingerprint density at radius 2 is 2.28 bits per heavy atom. The molecule has 0 radical (unpaired) electrons. The van der Waals surface area contributed by atoms with Gasteiger partial charge >= 0.3 is 6.03 Å². The Bertz CT molecular complexity index is 717. The fourth-order valence-electron chi connectivity index (χ4n) is 4.25. The van der Waals surface area contributed by atoms with E-state index >= 15 is 0 Å².